The van der Waals surface area contributed by atoms with Gasteiger partial charge in [-0.3, -0.25) is 9.69 Å². The van der Waals surface area contributed by atoms with Crippen molar-refractivity contribution in [3.63, 3.8) is 0 Å². The van der Waals surface area contributed by atoms with Crippen LogP contribution in [0.2, 0.25) is 0 Å². The third-order valence-corrected chi connectivity index (χ3v) is 5.21. The van der Waals surface area contributed by atoms with Gasteiger partial charge in [0.25, 0.3) is 0 Å². The number of carbonyl (C=O) groups excluding carboxylic acids is 1. The molecule has 1 N–H and O–H groups in total. The minimum absolute atomic E-state index is 0.0218. The second-order valence-electron chi connectivity index (χ2n) is 5.99. The molecule has 1 aliphatic carbocycles. The maximum Gasteiger partial charge on any atom is 0.240 e. The fraction of sp³-hybridized carbons (Fsp3) is 0.667. The lowest BCUT2D eigenvalue weighted by molar-refractivity contribution is -0.136. The van der Waals surface area contributed by atoms with E-state index in [-0.39, 0.29) is 11.9 Å². The molecule has 2 heterocycles. The van der Waals surface area contributed by atoms with E-state index in [2.05, 4.69) is 27.7 Å². The Bertz CT molecular complexity index is 456. The number of nitrogens with one attached hydrogen (secondary N) is 1. The largest absolute Gasteiger partial charge is 0.347 e. The Hall–Kier alpha value is -0.910. The predicted octanol–water partition coefficient (Wildman–Crippen LogP) is 1.56. The molecule has 2 aliphatic rings. The Morgan fingerprint density at radius 3 is 2.90 bits per heavy atom. The quantitative estimate of drug-likeness (QED) is 0.915. The second kappa shape index (κ2) is 5.84. The molecule has 1 amide bonds. The Morgan fingerprint density at radius 1 is 1.50 bits per heavy atom. The van der Waals surface area contributed by atoms with Crippen molar-refractivity contribution in [1.29, 1.82) is 0 Å². The molecule has 2 fully saturated rings. The minimum atomic E-state index is -0.0218. The highest BCUT2D eigenvalue weighted by atomic mass is 32.1. The first-order valence-corrected chi connectivity index (χ1v) is 8.27. The second-order valence-corrected chi connectivity index (χ2v) is 6.97. The maximum absolute atomic E-state index is 12.5. The lowest BCUT2D eigenvalue weighted by atomic mass is 10.0. The molecule has 2 atom stereocenters. The third kappa shape index (κ3) is 2.75. The number of amides is 1. The first kappa shape index (κ1) is 14.0. The summed E-state index contributed by atoms with van der Waals surface area (Å²) in [4.78, 5) is 18.1. The molecule has 110 valence electrons. The number of nitrogens with zero attached hydrogens (tertiary/aromatic N) is 2. The van der Waals surface area contributed by atoms with E-state index in [0.717, 1.165) is 25.6 Å². The van der Waals surface area contributed by atoms with Crippen molar-refractivity contribution in [2.75, 3.05) is 33.7 Å². The number of thiophene rings is 1. The Kier molecular flexibility index (Phi) is 4.10. The molecule has 1 saturated carbocycles. The van der Waals surface area contributed by atoms with Crippen molar-refractivity contribution in [2.24, 2.45) is 5.92 Å². The van der Waals surface area contributed by atoms with Crippen LogP contribution in [0.25, 0.3) is 0 Å². The zero-order valence-electron chi connectivity index (χ0n) is 12.2. The standard InChI is InChI=1S/C15H23N3OS/c1-17(2)15(19)12-10-16-7-8-18(12)14(11-5-6-11)13-4-3-9-20-13/h3-4,9,11-12,14,16H,5-8,10H2,1-2H3. The summed E-state index contributed by atoms with van der Waals surface area (Å²) in [6, 6.07) is 4.77. The summed E-state index contributed by atoms with van der Waals surface area (Å²) in [5.74, 6) is 0.962. The molecule has 2 unspecified atom stereocenters. The zero-order chi connectivity index (χ0) is 14.1. The highest BCUT2D eigenvalue weighted by molar-refractivity contribution is 7.10. The summed E-state index contributed by atoms with van der Waals surface area (Å²) in [5.41, 5.74) is 0. The fourth-order valence-corrected chi connectivity index (χ4v) is 4.06. The van der Waals surface area contributed by atoms with Crippen LogP contribution >= 0.6 is 11.3 Å². The number of carbonyl (C=O) groups is 1. The van der Waals surface area contributed by atoms with Gasteiger partial charge in [-0.25, -0.2) is 0 Å². The summed E-state index contributed by atoms with van der Waals surface area (Å²) in [7, 11) is 3.71. The minimum Gasteiger partial charge on any atom is -0.347 e. The van der Waals surface area contributed by atoms with Gasteiger partial charge in [-0.1, -0.05) is 6.07 Å². The van der Waals surface area contributed by atoms with Gasteiger partial charge in [0.2, 0.25) is 5.91 Å². The first-order chi connectivity index (χ1) is 9.68. The monoisotopic (exact) mass is 293 g/mol. The molecule has 1 aromatic rings. The van der Waals surface area contributed by atoms with Gasteiger partial charge in [0.15, 0.2) is 0 Å². The fourth-order valence-electron chi connectivity index (χ4n) is 3.12. The van der Waals surface area contributed by atoms with E-state index in [4.69, 9.17) is 0 Å². The van der Waals surface area contributed by atoms with Gasteiger partial charge in [-0.15, -0.1) is 11.3 Å². The van der Waals surface area contributed by atoms with E-state index in [1.54, 1.807) is 4.90 Å². The van der Waals surface area contributed by atoms with Crippen molar-refractivity contribution < 1.29 is 4.79 Å². The Balaban J connectivity index is 1.85. The summed E-state index contributed by atoms with van der Waals surface area (Å²) in [6.45, 7) is 2.71. The zero-order valence-corrected chi connectivity index (χ0v) is 13.0. The van der Waals surface area contributed by atoms with Crippen LogP contribution in [-0.2, 0) is 4.79 Å². The first-order valence-electron chi connectivity index (χ1n) is 7.39. The molecule has 20 heavy (non-hydrogen) atoms. The smallest absolute Gasteiger partial charge is 0.240 e. The van der Waals surface area contributed by atoms with Crippen LogP contribution in [0.4, 0.5) is 0 Å². The molecular weight excluding hydrogens is 270 g/mol. The van der Waals surface area contributed by atoms with E-state index in [1.807, 2.05) is 25.4 Å². The lowest BCUT2D eigenvalue weighted by Gasteiger charge is -2.41. The van der Waals surface area contributed by atoms with E-state index < -0.39 is 0 Å². The van der Waals surface area contributed by atoms with Gasteiger partial charge in [0.1, 0.15) is 6.04 Å². The summed E-state index contributed by atoms with van der Waals surface area (Å²) >= 11 is 1.83. The predicted molar refractivity (Wildman–Crippen MR) is 81.8 cm³/mol. The third-order valence-electron chi connectivity index (χ3n) is 4.27. The SMILES string of the molecule is CN(C)C(=O)C1CNCCN1C(c1cccs1)C1CC1. The molecule has 3 rings (SSSR count). The van der Waals surface area contributed by atoms with Crippen molar-refractivity contribution in [2.45, 2.75) is 24.9 Å². The van der Waals surface area contributed by atoms with Crippen molar-refractivity contribution in [3.8, 4) is 0 Å². The molecular formula is C15H23N3OS. The van der Waals surface area contributed by atoms with Gasteiger partial charge < -0.3 is 10.2 Å². The van der Waals surface area contributed by atoms with Gasteiger partial charge in [-0.2, -0.15) is 0 Å². The van der Waals surface area contributed by atoms with Crippen molar-refractivity contribution >= 4 is 17.2 Å². The van der Waals surface area contributed by atoms with Crippen molar-refractivity contribution in [1.82, 2.24) is 15.1 Å². The molecule has 0 radical (unpaired) electrons. The Morgan fingerprint density at radius 2 is 2.30 bits per heavy atom. The normalized spacial score (nSPS) is 25.4. The van der Waals surface area contributed by atoms with Gasteiger partial charge in [0.05, 0.1) is 0 Å². The number of hydrogen-bond acceptors (Lipinski definition) is 4. The molecule has 0 bridgehead atoms. The highest BCUT2D eigenvalue weighted by Crippen LogP contribution is 2.46. The van der Waals surface area contributed by atoms with Crippen LogP contribution in [0.3, 0.4) is 0 Å². The molecule has 1 aromatic heterocycles. The molecule has 4 nitrogen and oxygen atoms in total. The topological polar surface area (TPSA) is 35.6 Å². The van der Waals surface area contributed by atoms with E-state index in [0.29, 0.717) is 6.04 Å². The molecule has 0 aromatic carbocycles. The van der Waals surface area contributed by atoms with E-state index in [9.17, 15) is 4.79 Å². The summed E-state index contributed by atoms with van der Waals surface area (Å²) in [6.07, 6.45) is 2.60. The van der Waals surface area contributed by atoms with Gasteiger partial charge >= 0.3 is 0 Å². The number of rotatable bonds is 4. The van der Waals surface area contributed by atoms with Crippen LogP contribution in [0.15, 0.2) is 17.5 Å². The lowest BCUT2D eigenvalue weighted by Crippen LogP contribution is -2.58. The van der Waals surface area contributed by atoms with Gasteiger partial charge in [0, 0.05) is 44.6 Å². The molecule has 5 heteroatoms. The highest BCUT2D eigenvalue weighted by Gasteiger charge is 2.42. The molecule has 1 aliphatic heterocycles. The summed E-state index contributed by atoms with van der Waals surface area (Å²) in [5, 5.41) is 5.52. The number of likely N-dealkylation sites (N-methyl/N-ethyl adjacent to an activating group) is 1. The van der Waals surface area contributed by atoms with Crippen LogP contribution in [-0.4, -0.2) is 55.5 Å². The van der Waals surface area contributed by atoms with Crippen LogP contribution in [0.5, 0.6) is 0 Å². The maximum atomic E-state index is 12.5. The summed E-state index contributed by atoms with van der Waals surface area (Å²) < 4.78 is 0. The Labute approximate surface area is 124 Å². The average Bonchev–Trinajstić information content (AvgIpc) is 3.13. The van der Waals surface area contributed by atoms with E-state index >= 15 is 0 Å². The van der Waals surface area contributed by atoms with Gasteiger partial charge in [-0.05, 0) is 30.2 Å². The van der Waals surface area contributed by atoms with E-state index in [1.165, 1.54) is 17.7 Å². The average molecular weight is 293 g/mol. The van der Waals surface area contributed by atoms with Crippen LogP contribution in [0.1, 0.15) is 23.8 Å². The number of hydrogen-bond donors (Lipinski definition) is 1. The van der Waals surface area contributed by atoms with Crippen molar-refractivity contribution in [3.05, 3.63) is 22.4 Å². The number of piperazine rings is 1. The molecule has 0 spiro atoms. The van der Waals surface area contributed by atoms with Crippen LogP contribution in [0, 0.1) is 5.92 Å². The van der Waals surface area contributed by atoms with Crippen LogP contribution < -0.4 is 5.32 Å². The molecule has 1 saturated heterocycles.